The fourth-order valence-electron chi connectivity index (χ4n) is 7.62. The summed E-state index contributed by atoms with van der Waals surface area (Å²) in [6, 6.07) is 24.3. The molecule has 50 heavy (non-hydrogen) atoms. The van der Waals surface area contributed by atoms with Gasteiger partial charge in [-0.3, -0.25) is 14.4 Å². The minimum absolute atomic E-state index is 0.0335. The van der Waals surface area contributed by atoms with Crippen molar-refractivity contribution in [3.05, 3.63) is 115 Å². The number of fused-ring (bicyclic) bond motifs is 3. The molecule has 0 bridgehead atoms. The van der Waals surface area contributed by atoms with Crippen LogP contribution in [-0.4, -0.2) is 46.2 Å². The largest absolute Gasteiger partial charge is 0.472 e. The number of amides is 2. The van der Waals surface area contributed by atoms with E-state index < -0.39 is 23.5 Å². The van der Waals surface area contributed by atoms with Crippen molar-refractivity contribution in [2.75, 3.05) is 6.54 Å². The normalized spacial score (nSPS) is 26.2. The number of hydroxylamine groups is 1. The van der Waals surface area contributed by atoms with Crippen LogP contribution < -0.4 is 15.1 Å². The summed E-state index contributed by atoms with van der Waals surface area (Å²) in [5.74, 6) is -0.622. The molecule has 1 aromatic heterocycles. The molecule has 2 aliphatic heterocycles. The second-order valence-electron chi connectivity index (χ2n) is 13.9. The van der Waals surface area contributed by atoms with Gasteiger partial charge in [-0.15, -0.1) is 0 Å². The summed E-state index contributed by atoms with van der Waals surface area (Å²) >= 11 is 0. The molecule has 8 nitrogen and oxygen atoms in total. The van der Waals surface area contributed by atoms with Gasteiger partial charge in [0.05, 0.1) is 18.0 Å². The number of pyridine rings is 1. The molecule has 2 fully saturated rings. The van der Waals surface area contributed by atoms with Crippen molar-refractivity contribution in [2.24, 2.45) is 17.3 Å². The van der Waals surface area contributed by atoms with Gasteiger partial charge in [-0.25, -0.2) is 9.37 Å². The van der Waals surface area contributed by atoms with E-state index in [1.54, 1.807) is 29.3 Å². The lowest BCUT2D eigenvalue weighted by atomic mass is 9.90. The van der Waals surface area contributed by atoms with Gasteiger partial charge in [-0.05, 0) is 85.4 Å². The highest BCUT2D eigenvalue weighted by Crippen LogP contribution is 2.57. The Hall–Kier alpha value is -5.05. The topological polar surface area (TPSA) is 97.8 Å². The smallest absolute Gasteiger partial charge is 0.259 e. The minimum Gasteiger partial charge on any atom is -0.472 e. The molecule has 3 aliphatic rings. The van der Waals surface area contributed by atoms with Crippen LogP contribution in [0.1, 0.15) is 56.9 Å². The second kappa shape index (κ2) is 14.8. The molecule has 7 rings (SSSR count). The molecule has 4 aromatic rings. The first-order valence-electron chi connectivity index (χ1n) is 17.7. The van der Waals surface area contributed by atoms with Gasteiger partial charge in [-0.2, -0.15) is 5.48 Å². The molecular formula is C41H42FN3O5. The number of nitrogens with one attached hydrogen (secondary N) is 1. The van der Waals surface area contributed by atoms with Crippen LogP contribution >= 0.6 is 0 Å². The van der Waals surface area contributed by atoms with Crippen LogP contribution in [0.25, 0.3) is 10.8 Å². The molecular weight excluding hydrogens is 633 g/mol. The number of carbonyl (C=O) groups excluding carboxylic acids is 3. The molecule has 3 heterocycles. The van der Waals surface area contributed by atoms with Gasteiger partial charge in [0.2, 0.25) is 11.8 Å². The van der Waals surface area contributed by atoms with Crippen LogP contribution in [0.5, 0.6) is 11.6 Å². The number of hydrogen-bond acceptors (Lipinski definition) is 6. The summed E-state index contributed by atoms with van der Waals surface area (Å²) in [6.07, 6.45) is 10.7. The average Bonchev–Trinajstić information content (AvgIpc) is 3.66. The first-order chi connectivity index (χ1) is 24.4. The maximum Gasteiger partial charge on any atom is 0.259 e. The fraction of sp³-hybridized carbons (Fsp3) is 0.366. The van der Waals surface area contributed by atoms with Gasteiger partial charge in [0.1, 0.15) is 11.9 Å². The quantitative estimate of drug-likeness (QED) is 0.165. The highest BCUT2D eigenvalue weighted by atomic mass is 19.1. The van der Waals surface area contributed by atoms with Crippen molar-refractivity contribution in [3.63, 3.8) is 0 Å². The van der Waals surface area contributed by atoms with Crippen molar-refractivity contribution in [2.45, 2.75) is 69.9 Å². The number of nitrogens with zero attached hydrogens (tertiary/aromatic N) is 2. The van der Waals surface area contributed by atoms with E-state index >= 15 is 0 Å². The Morgan fingerprint density at radius 2 is 1.82 bits per heavy atom. The summed E-state index contributed by atoms with van der Waals surface area (Å²) in [5, 5.41) is 1.83. The number of benzene rings is 3. The van der Waals surface area contributed by atoms with E-state index in [1.165, 1.54) is 12.1 Å². The van der Waals surface area contributed by atoms with Crippen molar-refractivity contribution >= 4 is 28.4 Å². The molecule has 0 radical (unpaired) electrons. The fourth-order valence-corrected chi connectivity index (χ4v) is 7.62. The maximum absolute atomic E-state index is 14.6. The van der Waals surface area contributed by atoms with E-state index in [9.17, 15) is 18.8 Å². The number of carbonyl (C=O) groups is 3. The number of rotatable bonds is 7. The number of ketones is 1. The first-order valence-corrected chi connectivity index (χ1v) is 17.7. The zero-order valence-electron chi connectivity index (χ0n) is 28.0. The molecule has 9 heteroatoms. The number of Topliss-reactive ketones (excluding diaryl/α,β-unsaturated/α-hetero) is 1. The number of halogens is 1. The van der Waals surface area contributed by atoms with E-state index in [-0.39, 0.29) is 48.7 Å². The molecule has 1 saturated heterocycles. The average molecular weight is 676 g/mol. The molecule has 0 unspecified atom stereocenters. The Morgan fingerprint density at radius 1 is 0.980 bits per heavy atom. The highest BCUT2D eigenvalue weighted by molar-refractivity contribution is 5.96. The SMILES string of the molecule is O=C1C[C@]2(C(=O)NOc3ccccc3)C[C@H]2/C=C\CCCCC[C@H](Cc2cccc(F)c2)C(=O)N2C[C@H](Oc3nccc4ccccc34)C[C@@H]12. The summed E-state index contributed by atoms with van der Waals surface area (Å²) in [5.41, 5.74) is 2.38. The lowest BCUT2D eigenvalue weighted by Gasteiger charge is -2.29. The van der Waals surface area contributed by atoms with Crippen LogP contribution in [0.2, 0.25) is 0 Å². The third kappa shape index (κ3) is 7.42. The first kappa shape index (κ1) is 33.4. The van der Waals surface area contributed by atoms with Gasteiger partial charge in [0, 0.05) is 30.3 Å². The monoisotopic (exact) mass is 675 g/mol. The van der Waals surface area contributed by atoms with Gasteiger partial charge >= 0.3 is 0 Å². The van der Waals surface area contributed by atoms with E-state index in [0.29, 0.717) is 30.9 Å². The molecule has 1 aliphatic carbocycles. The van der Waals surface area contributed by atoms with Crippen LogP contribution in [0.3, 0.4) is 0 Å². The minimum atomic E-state index is -0.978. The Kier molecular flexibility index (Phi) is 9.92. The van der Waals surface area contributed by atoms with Crippen LogP contribution in [0.15, 0.2) is 103 Å². The van der Waals surface area contributed by atoms with E-state index in [1.807, 2.05) is 54.6 Å². The van der Waals surface area contributed by atoms with Gasteiger partial charge in [0.15, 0.2) is 11.5 Å². The van der Waals surface area contributed by atoms with Crippen molar-refractivity contribution in [3.8, 4) is 11.6 Å². The van der Waals surface area contributed by atoms with Crippen LogP contribution in [0, 0.1) is 23.1 Å². The molecule has 3 aromatic carbocycles. The Morgan fingerprint density at radius 3 is 2.68 bits per heavy atom. The third-order valence-corrected chi connectivity index (χ3v) is 10.4. The highest BCUT2D eigenvalue weighted by Gasteiger charge is 2.61. The summed E-state index contributed by atoms with van der Waals surface area (Å²) in [4.78, 5) is 54.6. The van der Waals surface area contributed by atoms with Crippen LogP contribution in [0.4, 0.5) is 4.39 Å². The molecule has 2 amide bonds. The Balaban J connectivity index is 1.18. The number of aromatic nitrogens is 1. The van der Waals surface area contributed by atoms with Gasteiger partial charge in [0.25, 0.3) is 5.91 Å². The molecule has 5 atom stereocenters. The standard InChI is InChI=1S/C41H42FN3O5/c42-32-16-11-12-28(23-32)22-30-14-5-2-1-3-6-15-31-25-41(31,40(48)44-50-33-17-7-4-8-18-33)26-37(46)36-24-34(27-45(36)39(30)47)49-38-35-19-10-9-13-29(35)20-21-43-38/h4,6-13,15-21,23,30-31,34,36H,1-3,5,14,22,24-27H2,(H,44,48)/b15-6-/t30-,31-,34-,36+,41-/m1/s1. The number of hydrogen-bond donors (Lipinski definition) is 1. The molecule has 1 N–H and O–H groups in total. The number of para-hydroxylation sites is 1. The summed E-state index contributed by atoms with van der Waals surface area (Å²) in [6.45, 7) is 0.208. The lowest BCUT2D eigenvalue weighted by molar-refractivity contribution is -0.143. The zero-order chi connectivity index (χ0) is 34.5. The lowest BCUT2D eigenvalue weighted by Crippen LogP contribution is -2.46. The summed E-state index contributed by atoms with van der Waals surface area (Å²) in [7, 11) is 0. The van der Waals surface area contributed by atoms with E-state index in [4.69, 9.17) is 9.57 Å². The Labute approximate surface area is 291 Å². The summed E-state index contributed by atoms with van der Waals surface area (Å²) < 4.78 is 20.7. The Bertz CT molecular complexity index is 1880. The van der Waals surface area contributed by atoms with Crippen molar-refractivity contribution in [1.29, 1.82) is 0 Å². The van der Waals surface area contributed by atoms with E-state index in [2.05, 4.69) is 22.6 Å². The second-order valence-corrected chi connectivity index (χ2v) is 13.9. The van der Waals surface area contributed by atoms with E-state index in [0.717, 1.165) is 42.0 Å². The number of ether oxygens (including phenoxy) is 1. The predicted octanol–water partition coefficient (Wildman–Crippen LogP) is 7.18. The molecule has 1 saturated carbocycles. The predicted molar refractivity (Wildman–Crippen MR) is 187 cm³/mol. The maximum atomic E-state index is 14.6. The third-order valence-electron chi connectivity index (χ3n) is 10.4. The van der Waals surface area contributed by atoms with Gasteiger partial charge < -0.3 is 14.5 Å². The van der Waals surface area contributed by atoms with Gasteiger partial charge in [-0.1, -0.05) is 73.5 Å². The number of allylic oxidation sites excluding steroid dienone is 2. The molecule has 258 valence electrons. The van der Waals surface area contributed by atoms with Crippen molar-refractivity contribution in [1.82, 2.24) is 15.4 Å². The zero-order valence-corrected chi connectivity index (χ0v) is 28.0. The van der Waals surface area contributed by atoms with Crippen LogP contribution in [-0.2, 0) is 20.8 Å². The molecule has 0 spiro atoms. The van der Waals surface area contributed by atoms with Crippen molar-refractivity contribution < 1.29 is 28.3 Å².